The largest absolute Gasteiger partial charge is 0.444 e. The van der Waals surface area contributed by atoms with Gasteiger partial charge in [0.15, 0.2) is 0 Å². The van der Waals surface area contributed by atoms with Crippen molar-refractivity contribution in [3.05, 3.63) is 0 Å². The van der Waals surface area contributed by atoms with Crippen LogP contribution in [0.5, 0.6) is 0 Å². The molecule has 0 aromatic carbocycles. The Balaban J connectivity index is 0.000000280. The number of rotatable bonds is 0. The molecule has 164 valence electrons. The fourth-order valence-corrected chi connectivity index (χ4v) is 3.83. The van der Waals surface area contributed by atoms with Gasteiger partial charge in [0, 0.05) is 34.0 Å². The zero-order valence-electron chi connectivity index (χ0n) is 18.1. The van der Waals surface area contributed by atoms with E-state index in [-0.39, 0.29) is 23.4 Å². The van der Waals surface area contributed by atoms with Crippen LogP contribution >= 0.6 is 45.2 Å². The van der Waals surface area contributed by atoms with Crippen molar-refractivity contribution in [3.63, 3.8) is 0 Å². The van der Waals surface area contributed by atoms with Gasteiger partial charge in [-0.25, -0.2) is 9.59 Å². The summed E-state index contributed by atoms with van der Waals surface area (Å²) in [5, 5.41) is 0. The fraction of sp³-hybridized carbons (Fsp3) is 0.900. The Morgan fingerprint density at radius 2 is 0.929 bits per heavy atom. The van der Waals surface area contributed by atoms with Crippen molar-refractivity contribution in [1.82, 2.24) is 9.80 Å². The summed E-state index contributed by atoms with van der Waals surface area (Å²) < 4.78 is 12.0. The first-order valence-corrected chi connectivity index (χ1v) is 12.5. The van der Waals surface area contributed by atoms with Crippen molar-refractivity contribution >= 4 is 57.4 Å². The van der Waals surface area contributed by atoms with Crippen LogP contribution in [-0.4, -0.2) is 67.2 Å². The standard InChI is InChI=1S/2C10H18INO2/c2*1-10(2,3)14-9(13)12-6-4-8(11)5-7-12/h2*8H,4-7H2,1-3H3. The molecule has 0 bridgehead atoms. The second kappa shape index (κ2) is 11.4. The van der Waals surface area contributed by atoms with E-state index in [0.717, 1.165) is 51.9 Å². The van der Waals surface area contributed by atoms with Crippen LogP contribution in [0.2, 0.25) is 0 Å². The Morgan fingerprint density at radius 3 is 1.14 bits per heavy atom. The lowest BCUT2D eigenvalue weighted by molar-refractivity contribution is 0.0211. The number of alkyl halides is 2. The minimum absolute atomic E-state index is 0.166. The molecule has 0 aromatic rings. The molecule has 2 fully saturated rings. The van der Waals surface area contributed by atoms with Gasteiger partial charge in [0.1, 0.15) is 11.2 Å². The van der Waals surface area contributed by atoms with Gasteiger partial charge < -0.3 is 19.3 Å². The molecular weight excluding hydrogens is 586 g/mol. The van der Waals surface area contributed by atoms with E-state index in [4.69, 9.17) is 9.47 Å². The van der Waals surface area contributed by atoms with Crippen LogP contribution < -0.4 is 0 Å². The number of nitrogens with zero attached hydrogens (tertiary/aromatic N) is 2. The lowest BCUT2D eigenvalue weighted by Crippen LogP contribution is -2.41. The first kappa shape index (κ1) is 26.0. The number of hydrogen-bond acceptors (Lipinski definition) is 4. The smallest absolute Gasteiger partial charge is 0.410 e. The van der Waals surface area contributed by atoms with E-state index in [1.165, 1.54) is 0 Å². The molecule has 0 radical (unpaired) electrons. The van der Waals surface area contributed by atoms with Crippen molar-refractivity contribution in [2.45, 2.75) is 86.3 Å². The first-order chi connectivity index (χ1) is 12.8. The number of carbonyl (C=O) groups excluding carboxylic acids is 2. The number of ether oxygens (including phenoxy) is 2. The predicted octanol–water partition coefficient (Wildman–Crippen LogP) is 5.64. The van der Waals surface area contributed by atoms with Crippen molar-refractivity contribution in [2.24, 2.45) is 0 Å². The molecule has 0 saturated carbocycles. The highest BCUT2D eigenvalue weighted by atomic mass is 127. The van der Waals surface area contributed by atoms with E-state index in [2.05, 4.69) is 45.2 Å². The second-order valence-corrected chi connectivity index (χ2v) is 12.8. The highest BCUT2D eigenvalue weighted by Gasteiger charge is 2.26. The molecule has 6 nitrogen and oxygen atoms in total. The highest BCUT2D eigenvalue weighted by molar-refractivity contribution is 14.1. The van der Waals surface area contributed by atoms with E-state index in [1.54, 1.807) is 9.80 Å². The third kappa shape index (κ3) is 11.3. The Kier molecular flexibility index (Phi) is 10.6. The minimum atomic E-state index is -0.377. The van der Waals surface area contributed by atoms with Gasteiger partial charge in [-0.2, -0.15) is 0 Å². The third-order valence-corrected chi connectivity index (χ3v) is 6.64. The number of piperidine rings is 2. The molecule has 2 saturated heterocycles. The van der Waals surface area contributed by atoms with Gasteiger partial charge in [0.05, 0.1) is 0 Å². The molecule has 28 heavy (non-hydrogen) atoms. The molecule has 2 amide bonds. The number of carbonyl (C=O) groups is 2. The first-order valence-electron chi connectivity index (χ1n) is 10.0. The number of amides is 2. The summed E-state index contributed by atoms with van der Waals surface area (Å²) in [4.78, 5) is 26.9. The summed E-state index contributed by atoms with van der Waals surface area (Å²) in [5.74, 6) is 0. The van der Waals surface area contributed by atoms with Crippen LogP contribution in [-0.2, 0) is 9.47 Å². The van der Waals surface area contributed by atoms with Gasteiger partial charge >= 0.3 is 12.2 Å². The van der Waals surface area contributed by atoms with Crippen molar-refractivity contribution < 1.29 is 19.1 Å². The zero-order valence-corrected chi connectivity index (χ0v) is 22.4. The van der Waals surface area contributed by atoms with E-state index in [1.807, 2.05) is 41.5 Å². The van der Waals surface area contributed by atoms with Gasteiger partial charge in [-0.1, -0.05) is 45.2 Å². The van der Waals surface area contributed by atoms with Crippen LogP contribution in [0.1, 0.15) is 67.2 Å². The third-order valence-electron chi connectivity index (χ3n) is 4.15. The molecule has 0 N–H and O–H groups in total. The topological polar surface area (TPSA) is 59.1 Å². The maximum Gasteiger partial charge on any atom is 0.410 e. The zero-order chi connectivity index (χ0) is 21.5. The SMILES string of the molecule is CC(C)(C)OC(=O)N1CCC(I)CC1.CC(C)(C)OC(=O)N1CCC(I)CC1. The molecule has 0 unspecified atom stereocenters. The lowest BCUT2D eigenvalue weighted by atomic mass is 10.1. The van der Waals surface area contributed by atoms with Gasteiger partial charge in [-0.15, -0.1) is 0 Å². The highest BCUT2D eigenvalue weighted by Crippen LogP contribution is 2.21. The van der Waals surface area contributed by atoms with Crippen LogP contribution in [0.25, 0.3) is 0 Å². The normalized spacial score (nSPS) is 19.6. The van der Waals surface area contributed by atoms with E-state index in [0.29, 0.717) is 7.85 Å². The molecule has 2 heterocycles. The summed E-state index contributed by atoms with van der Waals surface area (Å²) >= 11 is 4.88. The fourth-order valence-electron chi connectivity index (χ4n) is 2.71. The molecule has 0 aliphatic carbocycles. The van der Waals surface area contributed by atoms with Crippen molar-refractivity contribution in [1.29, 1.82) is 0 Å². The Hall–Kier alpha value is 0. The van der Waals surface area contributed by atoms with Gasteiger partial charge in [-0.3, -0.25) is 0 Å². The van der Waals surface area contributed by atoms with E-state index < -0.39 is 0 Å². The lowest BCUT2D eigenvalue weighted by Gasteiger charge is -2.31. The van der Waals surface area contributed by atoms with Gasteiger partial charge in [0.25, 0.3) is 0 Å². The number of halogens is 2. The summed E-state index contributed by atoms with van der Waals surface area (Å²) in [7, 11) is 0. The van der Waals surface area contributed by atoms with Crippen molar-refractivity contribution in [3.8, 4) is 0 Å². The summed E-state index contributed by atoms with van der Waals surface area (Å²) in [5.41, 5.74) is -0.753. The Bertz CT molecular complexity index is 455. The van der Waals surface area contributed by atoms with Crippen LogP contribution in [0.4, 0.5) is 9.59 Å². The number of hydrogen-bond donors (Lipinski definition) is 0. The molecule has 8 heteroatoms. The predicted molar refractivity (Wildman–Crippen MR) is 130 cm³/mol. The second-order valence-electron chi connectivity index (χ2n) is 9.28. The van der Waals surface area contributed by atoms with E-state index in [9.17, 15) is 9.59 Å². The molecule has 0 spiro atoms. The van der Waals surface area contributed by atoms with Gasteiger partial charge in [-0.05, 0) is 67.2 Å². The molecular formula is C20H36I2N2O4. The quantitative estimate of drug-likeness (QED) is 0.259. The molecule has 0 aromatic heterocycles. The van der Waals surface area contributed by atoms with Gasteiger partial charge in [0.2, 0.25) is 0 Å². The Morgan fingerprint density at radius 1 is 0.679 bits per heavy atom. The minimum Gasteiger partial charge on any atom is -0.444 e. The molecule has 0 atom stereocenters. The molecule has 2 aliphatic rings. The Labute approximate surface area is 197 Å². The average Bonchev–Trinajstić information content (AvgIpc) is 2.53. The average molecular weight is 622 g/mol. The maximum atomic E-state index is 11.6. The monoisotopic (exact) mass is 622 g/mol. The van der Waals surface area contributed by atoms with Crippen LogP contribution in [0.3, 0.4) is 0 Å². The van der Waals surface area contributed by atoms with Crippen LogP contribution in [0, 0.1) is 0 Å². The summed E-state index contributed by atoms with van der Waals surface area (Å²) in [6.45, 7) is 14.7. The summed E-state index contributed by atoms with van der Waals surface area (Å²) in [6.07, 6.45) is 4.00. The number of likely N-dealkylation sites (tertiary alicyclic amines) is 2. The maximum absolute atomic E-state index is 11.6. The van der Waals surface area contributed by atoms with Crippen molar-refractivity contribution in [2.75, 3.05) is 26.2 Å². The van der Waals surface area contributed by atoms with E-state index >= 15 is 0 Å². The molecule has 2 rings (SSSR count). The van der Waals surface area contributed by atoms with Crippen LogP contribution in [0.15, 0.2) is 0 Å². The molecule has 2 aliphatic heterocycles. The summed E-state index contributed by atoms with van der Waals surface area (Å²) in [6, 6.07) is 0.